The Labute approximate surface area is 145 Å². The van der Waals surface area contributed by atoms with E-state index in [-0.39, 0.29) is 23.3 Å². The third-order valence-electron chi connectivity index (χ3n) is 5.03. The van der Waals surface area contributed by atoms with Crippen LogP contribution in [0.4, 0.5) is 13.2 Å². The summed E-state index contributed by atoms with van der Waals surface area (Å²) in [6, 6.07) is 1.42. The summed E-state index contributed by atoms with van der Waals surface area (Å²) in [5.41, 5.74) is 0.496. The summed E-state index contributed by atoms with van der Waals surface area (Å²) in [6.45, 7) is 0.399. The van der Waals surface area contributed by atoms with Gasteiger partial charge in [0.15, 0.2) is 5.65 Å². The molecule has 136 valence electrons. The molecule has 7 nitrogen and oxygen atoms in total. The van der Waals surface area contributed by atoms with Gasteiger partial charge in [0.2, 0.25) is 5.95 Å². The summed E-state index contributed by atoms with van der Waals surface area (Å²) in [7, 11) is 0. The SMILES string of the molecule is Cc1c(F)nn2c3c(cnc12)C(C(=O)O)C[C@]3(C)c1ccn(C(F)F)n1. The lowest BCUT2D eigenvalue weighted by molar-refractivity contribution is -0.138. The van der Waals surface area contributed by atoms with Crippen LogP contribution in [0, 0.1) is 12.9 Å². The Morgan fingerprint density at radius 1 is 1.42 bits per heavy atom. The summed E-state index contributed by atoms with van der Waals surface area (Å²) in [5, 5.41) is 17.4. The lowest BCUT2D eigenvalue weighted by Crippen LogP contribution is -2.25. The second-order valence-electron chi connectivity index (χ2n) is 6.60. The number of fused-ring (bicyclic) bond motifs is 3. The number of aliphatic carboxylic acids is 1. The first-order valence-electron chi connectivity index (χ1n) is 7.85. The molecule has 0 saturated heterocycles. The van der Waals surface area contributed by atoms with Gasteiger partial charge in [-0.05, 0) is 26.3 Å². The van der Waals surface area contributed by atoms with Crippen LogP contribution < -0.4 is 0 Å². The van der Waals surface area contributed by atoms with Crippen molar-refractivity contribution < 1.29 is 23.1 Å². The third kappa shape index (κ3) is 2.07. The number of carboxylic acids is 1. The molecule has 2 atom stereocenters. The van der Waals surface area contributed by atoms with Crippen LogP contribution in [0.25, 0.3) is 5.65 Å². The van der Waals surface area contributed by atoms with Crippen molar-refractivity contribution in [2.24, 2.45) is 0 Å². The molecule has 4 rings (SSSR count). The molecule has 0 spiro atoms. The second kappa shape index (κ2) is 5.29. The van der Waals surface area contributed by atoms with Crippen LogP contribution in [-0.2, 0) is 10.2 Å². The number of aryl methyl sites for hydroxylation is 1. The average Bonchev–Trinajstić information content (AvgIpc) is 3.25. The molecule has 1 aliphatic carbocycles. The predicted octanol–water partition coefficient (Wildman–Crippen LogP) is 2.65. The fourth-order valence-electron chi connectivity index (χ4n) is 3.69. The third-order valence-corrected chi connectivity index (χ3v) is 5.03. The molecule has 0 aromatic carbocycles. The number of halogens is 3. The largest absolute Gasteiger partial charge is 0.481 e. The molecule has 3 aromatic rings. The van der Waals surface area contributed by atoms with Crippen LogP contribution in [0.5, 0.6) is 0 Å². The lowest BCUT2D eigenvalue weighted by Gasteiger charge is -2.23. The van der Waals surface area contributed by atoms with E-state index in [1.165, 1.54) is 23.7 Å². The van der Waals surface area contributed by atoms with Gasteiger partial charge >= 0.3 is 12.5 Å². The van der Waals surface area contributed by atoms with E-state index in [0.717, 1.165) is 6.20 Å². The Balaban J connectivity index is 2.01. The molecule has 0 amide bonds. The molecule has 1 N–H and O–H groups in total. The Morgan fingerprint density at radius 2 is 2.15 bits per heavy atom. The maximum absolute atomic E-state index is 14.0. The molecular weight excluding hydrogens is 351 g/mol. The van der Waals surface area contributed by atoms with Crippen molar-refractivity contribution in [1.29, 1.82) is 0 Å². The summed E-state index contributed by atoms with van der Waals surface area (Å²) in [4.78, 5) is 15.9. The van der Waals surface area contributed by atoms with Gasteiger partial charge in [-0.1, -0.05) is 0 Å². The van der Waals surface area contributed by atoms with Crippen molar-refractivity contribution >= 4 is 11.6 Å². The van der Waals surface area contributed by atoms with Crippen LogP contribution in [-0.4, -0.2) is 35.5 Å². The van der Waals surface area contributed by atoms with Crippen molar-refractivity contribution in [2.75, 3.05) is 0 Å². The summed E-state index contributed by atoms with van der Waals surface area (Å²) in [5.74, 6) is -2.71. The van der Waals surface area contributed by atoms with Crippen molar-refractivity contribution in [2.45, 2.75) is 38.2 Å². The zero-order valence-corrected chi connectivity index (χ0v) is 13.8. The van der Waals surface area contributed by atoms with E-state index in [9.17, 15) is 23.1 Å². The van der Waals surface area contributed by atoms with Crippen molar-refractivity contribution in [3.05, 3.63) is 46.9 Å². The van der Waals surface area contributed by atoms with E-state index >= 15 is 0 Å². The van der Waals surface area contributed by atoms with Crippen LogP contribution in [0.1, 0.15) is 48.3 Å². The molecule has 0 bridgehead atoms. The molecule has 0 aliphatic heterocycles. The fraction of sp³-hybridized carbons (Fsp3) is 0.375. The highest BCUT2D eigenvalue weighted by molar-refractivity contribution is 5.79. The molecule has 3 heterocycles. The zero-order valence-electron chi connectivity index (χ0n) is 13.8. The molecule has 0 radical (unpaired) electrons. The minimum Gasteiger partial charge on any atom is -0.481 e. The first-order chi connectivity index (χ1) is 12.2. The quantitative estimate of drug-likeness (QED) is 0.771. The van der Waals surface area contributed by atoms with Gasteiger partial charge in [-0.3, -0.25) is 4.79 Å². The van der Waals surface area contributed by atoms with Crippen LogP contribution in [0.3, 0.4) is 0 Å². The number of hydrogen-bond donors (Lipinski definition) is 1. The number of carbonyl (C=O) groups is 1. The van der Waals surface area contributed by atoms with E-state index in [1.807, 2.05) is 0 Å². The monoisotopic (exact) mass is 365 g/mol. The Bertz CT molecular complexity index is 1040. The lowest BCUT2D eigenvalue weighted by atomic mass is 9.83. The summed E-state index contributed by atoms with van der Waals surface area (Å²) in [6.07, 6.45) is 2.61. The number of hydrogen-bond acceptors (Lipinski definition) is 4. The molecular formula is C16H14F3N5O2. The molecule has 3 aromatic heterocycles. The van der Waals surface area contributed by atoms with Gasteiger partial charge in [0, 0.05) is 18.0 Å². The van der Waals surface area contributed by atoms with Crippen LogP contribution in [0.15, 0.2) is 18.5 Å². The predicted molar refractivity (Wildman–Crippen MR) is 82.6 cm³/mol. The highest BCUT2D eigenvalue weighted by Gasteiger charge is 2.48. The summed E-state index contributed by atoms with van der Waals surface area (Å²) < 4.78 is 41.6. The molecule has 0 saturated carbocycles. The maximum Gasteiger partial charge on any atom is 0.333 e. The number of carboxylic acid groups (broad SMARTS) is 1. The Hall–Kier alpha value is -2.91. The Morgan fingerprint density at radius 3 is 2.77 bits per heavy atom. The van der Waals surface area contributed by atoms with Crippen LogP contribution in [0.2, 0.25) is 0 Å². The molecule has 26 heavy (non-hydrogen) atoms. The minimum absolute atomic E-state index is 0.0826. The topological polar surface area (TPSA) is 85.3 Å². The molecule has 1 unspecified atom stereocenters. The summed E-state index contributed by atoms with van der Waals surface area (Å²) >= 11 is 0. The average molecular weight is 365 g/mol. The van der Waals surface area contributed by atoms with E-state index in [4.69, 9.17) is 0 Å². The van der Waals surface area contributed by atoms with Gasteiger partial charge in [0.1, 0.15) is 0 Å². The van der Waals surface area contributed by atoms with Crippen LogP contribution >= 0.6 is 0 Å². The first kappa shape index (κ1) is 16.6. The van der Waals surface area contributed by atoms with Gasteiger partial charge in [0.25, 0.3) is 0 Å². The van der Waals surface area contributed by atoms with E-state index in [2.05, 4.69) is 15.2 Å². The van der Waals surface area contributed by atoms with Gasteiger partial charge < -0.3 is 5.11 Å². The number of nitrogens with zero attached hydrogens (tertiary/aromatic N) is 5. The highest BCUT2D eigenvalue weighted by Crippen LogP contribution is 2.49. The highest BCUT2D eigenvalue weighted by atomic mass is 19.3. The fourth-order valence-corrected chi connectivity index (χ4v) is 3.69. The zero-order chi connectivity index (χ0) is 18.8. The number of rotatable bonds is 3. The first-order valence-corrected chi connectivity index (χ1v) is 7.85. The minimum atomic E-state index is -2.81. The normalized spacial score (nSPS) is 22.3. The Kier molecular flexibility index (Phi) is 3.37. The van der Waals surface area contributed by atoms with Crippen molar-refractivity contribution in [3.63, 3.8) is 0 Å². The molecule has 1 aliphatic rings. The number of aromatic nitrogens is 5. The van der Waals surface area contributed by atoms with E-state index in [1.54, 1.807) is 6.92 Å². The maximum atomic E-state index is 14.0. The van der Waals surface area contributed by atoms with Crippen molar-refractivity contribution in [3.8, 4) is 0 Å². The molecule has 10 heteroatoms. The van der Waals surface area contributed by atoms with Gasteiger partial charge in [-0.2, -0.15) is 18.3 Å². The van der Waals surface area contributed by atoms with E-state index < -0.39 is 29.8 Å². The smallest absolute Gasteiger partial charge is 0.333 e. The van der Waals surface area contributed by atoms with Gasteiger partial charge in [-0.25, -0.2) is 14.2 Å². The molecule has 0 fully saturated rings. The standard InChI is InChI=1S/C16H14F3N5O2/c1-7-12(17)22-24-11-9(6-20-13(7)24)8(14(25)26)5-16(11,2)10-3-4-23(21-10)15(18)19/h3-4,6,8,15H,5H2,1-2H3,(H,25,26)/t8?,16-/m1/s1. The second-order valence-corrected chi connectivity index (χ2v) is 6.60. The van der Waals surface area contributed by atoms with Crippen molar-refractivity contribution in [1.82, 2.24) is 24.4 Å². The van der Waals surface area contributed by atoms with E-state index in [0.29, 0.717) is 15.9 Å². The number of alkyl halides is 2. The van der Waals surface area contributed by atoms with Gasteiger partial charge in [-0.15, -0.1) is 5.10 Å². The van der Waals surface area contributed by atoms with Gasteiger partial charge in [0.05, 0.1) is 28.3 Å².